The van der Waals surface area contributed by atoms with Crippen molar-refractivity contribution in [1.82, 2.24) is 14.8 Å². The monoisotopic (exact) mass is 372 g/mol. The third-order valence-corrected chi connectivity index (χ3v) is 5.24. The van der Waals surface area contributed by atoms with Crippen molar-refractivity contribution in [3.63, 3.8) is 0 Å². The van der Waals surface area contributed by atoms with E-state index in [0.717, 1.165) is 45.0 Å². The van der Waals surface area contributed by atoms with Crippen molar-refractivity contribution in [2.75, 3.05) is 52.4 Å². The summed E-state index contributed by atoms with van der Waals surface area (Å²) in [5.41, 5.74) is 1.18. The summed E-state index contributed by atoms with van der Waals surface area (Å²) in [7, 11) is 0. The van der Waals surface area contributed by atoms with Crippen LogP contribution in [0.3, 0.4) is 0 Å². The van der Waals surface area contributed by atoms with Crippen molar-refractivity contribution in [2.45, 2.75) is 18.8 Å². The first-order chi connectivity index (χ1) is 13.2. The number of aromatic nitrogens is 1. The van der Waals surface area contributed by atoms with Crippen LogP contribution in [0.2, 0.25) is 0 Å². The fourth-order valence-corrected chi connectivity index (χ4v) is 3.62. The van der Waals surface area contributed by atoms with E-state index in [9.17, 15) is 9.90 Å². The average molecular weight is 372 g/mol. The topological polar surface area (TPSA) is 89.3 Å². The summed E-state index contributed by atoms with van der Waals surface area (Å²) in [6, 6.07) is 5.63. The molecule has 2 heterocycles. The van der Waals surface area contributed by atoms with Crippen molar-refractivity contribution in [3.05, 3.63) is 41.4 Å². The van der Waals surface area contributed by atoms with Gasteiger partial charge in [0.15, 0.2) is 5.78 Å². The van der Waals surface area contributed by atoms with Crippen LogP contribution >= 0.6 is 0 Å². The molecule has 1 aliphatic carbocycles. The normalized spacial score (nSPS) is 22.7. The number of β-amino-alcohol motifs (C(OH)–C–C–N with tert-alkyl or cyclic N) is 1. The number of pyridine rings is 1. The number of aliphatic hydroxyl groups excluding tert-OH is 2. The number of piperazine rings is 1. The van der Waals surface area contributed by atoms with Crippen molar-refractivity contribution in [2.24, 2.45) is 4.99 Å². The van der Waals surface area contributed by atoms with Crippen LogP contribution in [0.5, 0.6) is 0 Å². The number of hydrogen-bond donors (Lipinski definition) is 2. The van der Waals surface area contributed by atoms with Gasteiger partial charge in [-0.2, -0.15) is 0 Å². The maximum atomic E-state index is 12.4. The van der Waals surface area contributed by atoms with Crippen LogP contribution in [0.15, 0.2) is 40.7 Å². The fourth-order valence-electron chi connectivity index (χ4n) is 3.62. The highest BCUT2D eigenvalue weighted by Gasteiger charge is 2.28. The predicted molar refractivity (Wildman–Crippen MR) is 104 cm³/mol. The zero-order chi connectivity index (χ0) is 19.1. The first kappa shape index (κ1) is 19.7. The van der Waals surface area contributed by atoms with E-state index in [1.54, 1.807) is 6.20 Å². The van der Waals surface area contributed by atoms with E-state index in [2.05, 4.69) is 19.8 Å². The Morgan fingerprint density at radius 1 is 1.15 bits per heavy atom. The highest BCUT2D eigenvalue weighted by atomic mass is 16.3. The van der Waals surface area contributed by atoms with Gasteiger partial charge < -0.3 is 10.2 Å². The van der Waals surface area contributed by atoms with E-state index in [1.807, 2.05) is 18.2 Å². The van der Waals surface area contributed by atoms with E-state index in [4.69, 9.17) is 5.11 Å². The number of carbonyl (C=O) groups excluding carboxylic acids is 1. The van der Waals surface area contributed by atoms with Gasteiger partial charge in [0.25, 0.3) is 0 Å². The van der Waals surface area contributed by atoms with Gasteiger partial charge in [-0.15, -0.1) is 0 Å². The molecule has 1 aliphatic heterocycles. The van der Waals surface area contributed by atoms with Gasteiger partial charge in [0.05, 0.1) is 18.7 Å². The molecular weight excluding hydrogens is 344 g/mol. The minimum absolute atomic E-state index is 0.0638. The molecule has 1 atom stereocenters. The molecule has 0 aromatic carbocycles. The second-order valence-electron chi connectivity index (χ2n) is 7.09. The molecule has 0 radical (unpaired) electrons. The molecular formula is C20H28N4O3. The maximum Gasteiger partial charge on any atom is 0.168 e. The quantitative estimate of drug-likeness (QED) is 0.695. The molecule has 1 aromatic rings. The lowest BCUT2D eigenvalue weighted by molar-refractivity contribution is -0.116. The second-order valence-corrected chi connectivity index (χ2v) is 7.09. The third kappa shape index (κ3) is 5.45. The molecule has 7 nitrogen and oxygen atoms in total. The van der Waals surface area contributed by atoms with Gasteiger partial charge in [0.1, 0.15) is 5.76 Å². The number of carbonyl (C=O) groups is 1. The standard InChI is InChI=1S/C20H28N4O3/c25-12-11-24-9-7-23(8-10-24)6-5-21-15-17-19(26)13-16(14-20(17)27)18-3-1-2-4-22-18/h1-4,15-16,25-26H,5-14H2. The molecule has 27 heavy (non-hydrogen) atoms. The lowest BCUT2D eigenvalue weighted by Crippen LogP contribution is -2.47. The Labute approximate surface area is 160 Å². The van der Waals surface area contributed by atoms with E-state index in [1.165, 1.54) is 6.21 Å². The number of aliphatic hydroxyl groups is 2. The number of Topliss-reactive ketones (excluding diaryl/α,β-unsaturated/α-hetero) is 1. The fraction of sp³-hybridized carbons (Fsp3) is 0.550. The molecule has 2 N–H and O–H groups in total. The summed E-state index contributed by atoms with van der Waals surface area (Å²) in [5, 5.41) is 19.3. The summed E-state index contributed by atoms with van der Waals surface area (Å²) >= 11 is 0. The van der Waals surface area contributed by atoms with Crippen LogP contribution in [0.4, 0.5) is 0 Å². The van der Waals surface area contributed by atoms with Crippen molar-refractivity contribution < 1.29 is 15.0 Å². The van der Waals surface area contributed by atoms with E-state index >= 15 is 0 Å². The lowest BCUT2D eigenvalue weighted by Gasteiger charge is -2.33. The molecule has 7 heteroatoms. The van der Waals surface area contributed by atoms with Crippen molar-refractivity contribution >= 4 is 12.0 Å². The summed E-state index contributed by atoms with van der Waals surface area (Å²) in [5.74, 6) is -0.0230. The van der Waals surface area contributed by atoms with Crippen molar-refractivity contribution in [1.29, 1.82) is 0 Å². The molecule has 0 bridgehead atoms. The Kier molecular flexibility index (Phi) is 7.09. The number of rotatable bonds is 7. The molecule has 3 rings (SSSR count). The van der Waals surface area contributed by atoms with Crippen molar-refractivity contribution in [3.8, 4) is 0 Å². The van der Waals surface area contributed by atoms with E-state index in [-0.39, 0.29) is 24.1 Å². The van der Waals surface area contributed by atoms with E-state index in [0.29, 0.717) is 25.0 Å². The maximum absolute atomic E-state index is 12.4. The predicted octanol–water partition coefficient (Wildman–Crippen LogP) is 1.02. The van der Waals surface area contributed by atoms with Gasteiger partial charge in [-0.1, -0.05) is 6.07 Å². The van der Waals surface area contributed by atoms with Crippen LogP contribution in [0.25, 0.3) is 0 Å². The Hall–Kier alpha value is -2.09. The zero-order valence-electron chi connectivity index (χ0n) is 15.6. The van der Waals surface area contributed by atoms with Gasteiger partial charge in [-0.05, 0) is 12.1 Å². The molecule has 1 saturated heterocycles. The van der Waals surface area contributed by atoms with E-state index < -0.39 is 0 Å². The number of allylic oxidation sites excluding steroid dienone is 2. The Bertz CT molecular complexity index is 682. The number of nitrogens with zero attached hydrogens (tertiary/aromatic N) is 4. The summed E-state index contributed by atoms with van der Waals surface area (Å²) in [6.07, 6.45) is 4.03. The minimum atomic E-state index is -0.0734. The molecule has 1 unspecified atom stereocenters. The van der Waals surface area contributed by atoms with Crippen LogP contribution in [0, 0.1) is 0 Å². The number of aliphatic imine (C=N–C) groups is 1. The first-order valence-corrected chi connectivity index (χ1v) is 9.59. The van der Waals surface area contributed by atoms with Crippen LogP contribution < -0.4 is 0 Å². The second kappa shape index (κ2) is 9.73. The van der Waals surface area contributed by atoms with Gasteiger partial charge in [0, 0.05) is 76.1 Å². The third-order valence-electron chi connectivity index (χ3n) is 5.24. The van der Waals surface area contributed by atoms with Gasteiger partial charge >= 0.3 is 0 Å². The largest absolute Gasteiger partial charge is 0.511 e. The molecule has 1 fully saturated rings. The molecule has 146 valence electrons. The Morgan fingerprint density at radius 3 is 2.52 bits per heavy atom. The molecule has 0 amide bonds. The molecule has 1 aromatic heterocycles. The minimum Gasteiger partial charge on any atom is -0.511 e. The Balaban J connectivity index is 1.48. The Morgan fingerprint density at radius 2 is 1.89 bits per heavy atom. The first-order valence-electron chi connectivity index (χ1n) is 9.59. The van der Waals surface area contributed by atoms with Crippen LogP contribution in [-0.2, 0) is 4.79 Å². The molecule has 2 aliphatic rings. The summed E-state index contributed by atoms with van der Waals surface area (Å²) < 4.78 is 0. The smallest absolute Gasteiger partial charge is 0.168 e. The van der Waals surface area contributed by atoms with Gasteiger partial charge in [-0.25, -0.2) is 0 Å². The number of ketones is 1. The SMILES string of the molecule is O=C1CC(c2ccccn2)CC(O)=C1C=NCCN1CCN(CCO)CC1. The highest BCUT2D eigenvalue weighted by Crippen LogP contribution is 2.31. The van der Waals surface area contributed by atoms with Crippen LogP contribution in [0.1, 0.15) is 24.5 Å². The van der Waals surface area contributed by atoms with Gasteiger partial charge in [-0.3, -0.25) is 24.6 Å². The zero-order valence-corrected chi connectivity index (χ0v) is 15.6. The summed E-state index contributed by atoms with van der Waals surface area (Å²) in [4.78, 5) is 25.7. The highest BCUT2D eigenvalue weighted by molar-refractivity contribution is 6.14. The van der Waals surface area contributed by atoms with Gasteiger partial charge in [0.2, 0.25) is 0 Å². The molecule has 0 spiro atoms. The number of hydrogen-bond acceptors (Lipinski definition) is 7. The summed E-state index contributed by atoms with van der Waals surface area (Å²) in [6.45, 7) is 6.24. The average Bonchev–Trinajstić information content (AvgIpc) is 2.69. The van der Waals surface area contributed by atoms with Crippen LogP contribution in [-0.4, -0.2) is 89.4 Å². The lowest BCUT2D eigenvalue weighted by atomic mass is 9.85. The molecule has 0 saturated carbocycles.